The molecule has 0 aliphatic heterocycles. The molecule has 0 radical (unpaired) electrons. The van der Waals surface area contributed by atoms with Gasteiger partial charge in [0.15, 0.2) is 0 Å². The van der Waals surface area contributed by atoms with Gasteiger partial charge in [-0.2, -0.15) is 0 Å². The smallest absolute Gasteiger partial charge is 0.252 e. The molecule has 2 aromatic carbocycles. The Kier molecular flexibility index (Phi) is 5.31. The summed E-state index contributed by atoms with van der Waals surface area (Å²) in [5.74, 6) is -0.448. The predicted molar refractivity (Wildman–Crippen MR) is 106 cm³/mol. The van der Waals surface area contributed by atoms with Gasteiger partial charge in [0.2, 0.25) is 0 Å². The van der Waals surface area contributed by atoms with Crippen LogP contribution in [0.1, 0.15) is 31.9 Å². The number of nitrogens with zero attached hydrogens (tertiary/aromatic N) is 1. The van der Waals surface area contributed by atoms with Crippen LogP contribution in [0.2, 0.25) is 5.02 Å². The van der Waals surface area contributed by atoms with Gasteiger partial charge in [0.1, 0.15) is 5.00 Å². The fraction of sp³-hybridized carbons (Fsp3) is 0.100. The summed E-state index contributed by atoms with van der Waals surface area (Å²) in [6.45, 7) is 1.93. The fourth-order valence-corrected chi connectivity index (χ4v) is 3.87. The van der Waals surface area contributed by atoms with E-state index in [1.165, 1.54) is 16.9 Å². The first-order valence-electron chi connectivity index (χ1n) is 7.80. The van der Waals surface area contributed by atoms with Gasteiger partial charge in [-0.1, -0.05) is 54.1 Å². The summed E-state index contributed by atoms with van der Waals surface area (Å²) in [7, 11) is 0. The van der Waals surface area contributed by atoms with E-state index in [-0.39, 0.29) is 0 Å². The summed E-state index contributed by atoms with van der Waals surface area (Å²) in [4.78, 5) is 17.5. The number of halogens is 1. The Morgan fingerprint density at radius 2 is 1.84 bits per heavy atom. The third-order valence-electron chi connectivity index (χ3n) is 3.88. The number of hydrogen-bond acceptors (Lipinski definition) is 3. The van der Waals surface area contributed by atoms with E-state index in [1.54, 1.807) is 18.3 Å². The SMILES string of the molecule is Cc1c(Cc2ccccc2)sc(/N=C/c2ccc(Cl)cc2)c1C(N)=O. The minimum Gasteiger partial charge on any atom is -0.365 e. The van der Waals surface area contributed by atoms with Gasteiger partial charge in [-0.3, -0.25) is 4.79 Å². The Morgan fingerprint density at radius 3 is 2.48 bits per heavy atom. The van der Waals surface area contributed by atoms with Gasteiger partial charge >= 0.3 is 0 Å². The molecule has 5 heteroatoms. The average molecular weight is 369 g/mol. The van der Waals surface area contributed by atoms with E-state index in [9.17, 15) is 4.79 Å². The molecule has 126 valence electrons. The van der Waals surface area contributed by atoms with Crippen LogP contribution in [0.3, 0.4) is 0 Å². The molecule has 0 spiro atoms. The van der Waals surface area contributed by atoms with Gasteiger partial charge in [-0.15, -0.1) is 11.3 Å². The molecule has 0 atom stereocenters. The maximum atomic E-state index is 11.9. The molecule has 1 aromatic heterocycles. The van der Waals surface area contributed by atoms with Crippen LogP contribution in [0.25, 0.3) is 0 Å². The highest BCUT2D eigenvalue weighted by Crippen LogP contribution is 2.36. The summed E-state index contributed by atoms with van der Waals surface area (Å²) < 4.78 is 0. The minimum atomic E-state index is -0.448. The van der Waals surface area contributed by atoms with E-state index in [4.69, 9.17) is 17.3 Å². The number of hydrogen-bond donors (Lipinski definition) is 1. The standard InChI is InChI=1S/C20H17ClN2OS/c1-13-17(11-14-5-3-2-4-6-14)25-20(18(13)19(22)24)23-12-15-7-9-16(21)10-8-15/h2-10,12H,11H2,1H3,(H2,22,24)/b23-12+. The molecule has 0 aliphatic rings. The molecule has 1 heterocycles. The summed E-state index contributed by atoms with van der Waals surface area (Å²) in [5.41, 5.74) is 9.10. The van der Waals surface area contributed by atoms with E-state index in [2.05, 4.69) is 17.1 Å². The Hall–Kier alpha value is -2.43. The number of thiophene rings is 1. The molecule has 25 heavy (non-hydrogen) atoms. The molecule has 0 aliphatic carbocycles. The van der Waals surface area contributed by atoms with Gasteiger partial charge in [0.25, 0.3) is 5.91 Å². The van der Waals surface area contributed by atoms with Crippen LogP contribution < -0.4 is 5.73 Å². The van der Waals surface area contributed by atoms with Crippen LogP contribution in [0.4, 0.5) is 5.00 Å². The van der Waals surface area contributed by atoms with E-state index in [1.807, 2.05) is 37.3 Å². The van der Waals surface area contributed by atoms with Crippen LogP contribution in [-0.2, 0) is 6.42 Å². The Balaban J connectivity index is 1.94. The third kappa shape index (κ3) is 4.16. The molecular formula is C20H17ClN2OS. The maximum Gasteiger partial charge on any atom is 0.252 e. The molecule has 0 saturated carbocycles. The molecule has 3 rings (SSSR count). The number of primary amides is 1. The highest BCUT2D eigenvalue weighted by atomic mass is 35.5. The van der Waals surface area contributed by atoms with Crippen LogP contribution >= 0.6 is 22.9 Å². The summed E-state index contributed by atoms with van der Waals surface area (Å²) >= 11 is 7.40. The molecule has 0 saturated heterocycles. The zero-order valence-corrected chi connectivity index (χ0v) is 15.3. The lowest BCUT2D eigenvalue weighted by Crippen LogP contribution is -2.11. The van der Waals surface area contributed by atoms with Crippen molar-refractivity contribution in [1.29, 1.82) is 0 Å². The zero-order chi connectivity index (χ0) is 17.8. The molecular weight excluding hydrogens is 352 g/mol. The topological polar surface area (TPSA) is 55.4 Å². The van der Waals surface area contributed by atoms with Crippen molar-refractivity contribution in [3.63, 3.8) is 0 Å². The number of carbonyl (C=O) groups is 1. The number of nitrogens with two attached hydrogens (primary N) is 1. The van der Waals surface area contributed by atoms with Crippen molar-refractivity contribution in [2.75, 3.05) is 0 Å². The maximum absolute atomic E-state index is 11.9. The van der Waals surface area contributed by atoms with E-state index in [0.29, 0.717) is 15.6 Å². The molecule has 0 bridgehead atoms. The first-order valence-corrected chi connectivity index (χ1v) is 8.99. The van der Waals surface area contributed by atoms with Crippen LogP contribution in [-0.4, -0.2) is 12.1 Å². The van der Waals surface area contributed by atoms with Gasteiger partial charge in [0, 0.05) is 22.5 Å². The number of aliphatic imine (C=N–C) groups is 1. The number of carbonyl (C=O) groups excluding carboxylic acids is 1. The van der Waals surface area contributed by atoms with Gasteiger partial charge in [-0.25, -0.2) is 4.99 Å². The number of rotatable bonds is 5. The lowest BCUT2D eigenvalue weighted by Gasteiger charge is -2.00. The highest BCUT2D eigenvalue weighted by molar-refractivity contribution is 7.16. The van der Waals surface area contributed by atoms with Gasteiger partial charge in [0.05, 0.1) is 5.56 Å². The van der Waals surface area contributed by atoms with E-state index < -0.39 is 5.91 Å². The van der Waals surface area contributed by atoms with Crippen molar-refractivity contribution in [3.05, 3.63) is 86.8 Å². The molecule has 1 amide bonds. The Morgan fingerprint density at radius 1 is 1.16 bits per heavy atom. The van der Waals surface area contributed by atoms with Crippen molar-refractivity contribution in [3.8, 4) is 0 Å². The average Bonchev–Trinajstić information content (AvgIpc) is 2.91. The lowest BCUT2D eigenvalue weighted by molar-refractivity contribution is 0.100. The van der Waals surface area contributed by atoms with Crippen molar-refractivity contribution < 1.29 is 4.79 Å². The molecule has 2 N–H and O–H groups in total. The van der Waals surface area contributed by atoms with Crippen molar-refractivity contribution in [1.82, 2.24) is 0 Å². The first kappa shape index (κ1) is 17.4. The molecule has 3 nitrogen and oxygen atoms in total. The molecule has 0 unspecified atom stereocenters. The lowest BCUT2D eigenvalue weighted by atomic mass is 10.1. The first-order chi connectivity index (χ1) is 12.0. The van der Waals surface area contributed by atoms with E-state index in [0.717, 1.165) is 22.4 Å². The number of benzene rings is 2. The molecule has 3 aromatic rings. The van der Waals surface area contributed by atoms with Crippen molar-refractivity contribution in [2.24, 2.45) is 10.7 Å². The third-order valence-corrected chi connectivity index (χ3v) is 5.33. The van der Waals surface area contributed by atoms with Gasteiger partial charge in [-0.05, 0) is 35.7 Å². The second-order valence-corrected chi connectivity index (χ2v) is 7.19. The quantitative estimate of drug-likeness (QED) is 0.622. The largest absolute Gasteiger partial charge is 0.365 e. The molecule has 0 fully saturated rings. The summed E-state index contributed by atoms with van der Waals surface area (Å²) in [6, 6.07) is 17.5. The van der Waals surface area contributed by atoms with Crippen molar-refractivity contribution >= 4 is 40.1 Å². The van der Waals surface area contributed by atoms with E-state index >= 15 is 0 Å². The number of amides is 1. The monoisotopic (exact) mass is 368 g/mol. The second-order valence-electron chi connectivity index (χ2n) is 5.67. The highest BCUT2D eigenvalue weighted by Gasteiger charge is 2.18. The fourth-order valence-electron chi connectivity index (χ4n) is 2.56. The predicted octanol–water partition coefficient (Wildman–Crippen LogP) is 5.15. The van der Waals surface area contributed by atoms with Crippen LogP contribution in [0.5, 0.6) is 0 Å². The normalized spacial score (nSPS) is 11.1. The zero-order valence-electron chi connectivity index (χ0n) is 13.7. The van der Waals surface area contributed by atoms with Gasteiger partial charge < -0.3 is 5.73 Å². The van der Waals surface area contributed by atoms with Crippen molar-refractivity contribution in [2.45, 2.75) is 13.3 Å². The van der Waals surface area contributed by atoms with Crippen LogP contribution in [0.15, 0.2) is 59.6 Å². The van der Waals surface area contributed by atoms with Crippen LogP contribution in [0, 0.1) is 6.92 Å². The second kappa shape index (κ2) is 7.64. The summed E-state index contributed by atoms with van der Waals surface area (Å²) in [5, 5.41) is 1.32. The Bertz CT molecular complexity index is 915. The minimum absolute atomic E-state index is 0.448. The summed E-state index contributed by atoms with van der Waals surface area (Å²) in [6.07, 6.45) is 2.48. The Labute approximate surface area is 155 Å².